The molecule has 0 saturated heterocycles. The van der Waals surface area contributed by atoms with Crippen LogP contribution in [0.3, 0.4) is 0 Å². The second kappa shape index (κ2) is 7.72. The van der Waals surface area contributed by atoms with E-state index in [9.17, 15) is 22.4 Å². The lowest BCUT2D eigenvalue weighted by Crippen LogP contribution is -2.09. The minimum atomic E-state index is -3.08. The third-order valence-corrected chi connectivity index (χ3v) is 3.38. The van der Waals surface area contributed by atoms with E-state index in [1.165, 1.54) is 18.2 Å². The Labute approximate surface area is 143 Å². The molecule has 0 aromatic heterocycles. The van der Waals surface area contributed by atoms with Gasteiger partial charge >= 0.3 is 12.6 Å². The van der Waals surface area contributed by atoms with Crippen LogP contribution in [0, 0.1) is 11.6 Å². The monoisotopic (exact) mass is 382 g/mol. The number of halogens is 6. The predicted molar refractivity (Wildman–Crippen MR) is 78.6 cm³/mol. The normalized spacial score (nSPS) is 10.8. The highest BCUT2D eigenvalue weighted by Gasteiger charge is 2.18. The number of carbonyl (C=O) groups is 1. The van der Waals surface area contributed by atoms with E-state index in [2.05, 4.69) is 4.74 Å². The number of ether oxygens (including phenoxy) is 2. The molecule has 0 saturated carbocycles. The summed E-state index contributed by atoms with van der Waals surface area (Å²) in [6.45, 7) is -3.57. The molecular formula is C15H8Cl2F4O3. The molecule has 2 rings (SSSR count). The van der Waals surface area contributed by atoms with Crippen molar-refractivity contribution in [2.45, 2.75) is 13.2 Å². The van der Waals surface area contributed by atoms with Gasteiger partial charge < -0.3 is 9.47 Å². The van der Waals surface area contributed by atoms with Crippen LogP contribution in [0.15, 0.2) is 30.3 Å². The first-order valence-corrected chi connectivity index (χ1v) is 7.08. The Morgan fingerprint density at radius 3 is 2.42 bits per heavy atom. The molecule has 0 aliphatic carbocycles. The van der Waals surface area contributed by atoms with Crippen LogP contribution in [0.2, 0.25) is 10.0 Å². The van der Waals surface area contributed by atoms with Gasteiger partial charge in [0.1, 0.15) is 12.4 Å². The molecule has 128 valence electrons. The third-order valence-electron chi connectivity index (χ3n) is 2.83. The Hall–Kier alpha value is -1.99. The fourth-order valence-corrected chi connectivity index (χ4v) is 2.19. The van der Waals surface area contributed by atoms with Crippen molar-refractivity contribution in [3.05, 3.63) is 63.1 Å². The molecule has 2 aromatic carbocycles. The molecule has 9 heteroatoms. The summed E-state index contributed by atoms with van der Waals surface area (Å²) in [5, 5.41) is -0.150. The smallest absolute Gasteiger partial charge is 0.387 e. The molecule has 0 heterocycles. The Kier molecular flexibility index (Phi) is 5.90. The van der Waals surface area contributed by atoms with Crippen molar-refractivity contribution in [2.24, 2.45) is 0 Å². The van der Waals surface area contributed by atoms with Gasteiger partial charge in [0.2, 0.25) is 0 Å². The molecular weight excluding hydrogens is 375 g/mol. The number of alkyl halides is 2. The summed E-state index contributed by atoms with van der Waals surface area (Å²) in [5.74, 6) is -3.81. The van der Waals surface area contributed by atoms with Crippen LogP contribution in [0.4, 0.5) is 17.6 Å². The minimum Gasteiger partial charge on any atom is -0.457 e. The summed E-state index contributed by atoms with van der Waals surface area (Å²) in [4.78, 5) is 11.9. The summed E-state index contributed by atoms with van der Waals surface area (Å²) in [7, 11) is 0. The van der Waals surface area contributed by atoms with E-state index in [0.717, 1.165) is 0 Å². The van der Waals surface area contributed by atoms with Crippen molar-refractivity contribution in [3.63, 3.8) is 0 Å². The summed E-state index contributed by atoms with van der Waals surface area (Å²) < 4.78 is 60.0. The van der Waals surface area contributed by atoms with Crippen molar-refractivity contribution in [2.75, 3.05) is 0 Å². The molecule has 0 radical (unpaired) electrons. The van der Waals surface area contributed by atoms with Gasteiger partial charge in [0.15, 0.2) is 11.6 Å². The van der Waals surface area contributed by atoms with E-state index in [4.69, 9.17) is 27.9 Å². The van der Waals surface area contributed by atoms with Gasteiger partial charge in [-0.1, -0.05) is 23.2 Å². The number of carbonyl (C=O) groups excluding carboxylic acids is 1. The molecule has 0 aliphatic heterocycles. The van der Waals surface area contributed by atoms with Crippen LogP contribution in [0.25, 0.3) is 0 Å². The van der Waals surface area contributed by atoms with Crippen LogP contribution in [0.1, 0.15) is 15.9 Å². The first kappa shape index (κ1) is 18.4. The summed E-state index contributed by atoms with van der Waals surface area (Å²) in [6.07, 6.45) is 0. The fourth-order valence-electron chi connectivity index (χ4n) is 1.77. The Morgan fingerprint density at radius 2 is 1.75 bits per heavy atom. The highest BCUT2D eigenvalue weighted by molar-refractivity contribution is 6.33. The number of hydrogen-bond donors (Lipinski definition) is 0. The van der Waals surface area contributed by atoms with Crippen LogP contribution < -0.4 is 4.74 Å². The molecule has 0 atom stereocenters. The van der Waals surface area contributed by atoms with E-state index < -0.39 is 36.4 Å². The highest BCUT2D eigenvalue weighted by Crippen LogP contribution is 2.26. The Balaban J connectivity index is 2.17. The number of rotatable bonds is 5. The van der Waals surface area contributed by atoms with Gasteiger partial charge in [0.05, 0.1) is 10.6 Å². The molecule has 0 aliphatic rings. The van der Waals surface area contributed by atoms with Crippen LogP contribution >= 0.6 is 23.2 Å². The molecule has 0 fully saturated rings. The van der Waals surface area contributed by atoms with Crippen molar-refractivity contribution in [1.29, 1.82) is 0 Å². The van der Waals surface area contributed by atoms with Crippen molar-refractivity contribution in [1.82, 2.24) is 0 Å². The van der Waals surface area contributed by atoms with Gasteiger partial charge in [-0.2, -0.15) is 8.78 Å². The number of esters is 1. The second-order valence-electron chi connectivity index (χ2n) is 4.45. The maximum Gasteiger partial charge on any atom is 0.387 e. The van der Waals surface area contributed by atoms with Crippen LogP contribution in [-0.2, 0) is 11.3 Å². The average Bonchev–Trinajstić information content (AvgIpc) is 2.50. The van der Waals surface area contributed by atoms with E-state index in [0.29, 0.717) is 12.1 Å². The zero-order chi connectivity index (χ0) is 17.9. The van der Waals surface area contributed by atoms with Gasteiger partial charge in [-0.15, -0.1) is 0 Å². The summed E-state index contributed by atoms with van der Waals surface area (Å²) in [6, 6.07) is 4.96. The predicted octanol–water partition coefficient (Wildman–Crippen LogP) is 5.23. The summed E-state index contributed by atoms with van der Waals surface area (Å²) in [5.41, 5.74) is -0.344. The van der Waals surface area contributed by atoms with Crippen molar-refractivity contribution < 1.29 is 31.8 Å². The Morgan fingerprint density at radius 1 is 1.08 bits per heavy atom. The number of benzene rings is 2. The third kappa shape index (κ3) is 4.52. The van der Waals surface area contributed by atoms with E-state index >= 15 is 0 Å². The zero-order valence-electron chi connectivity index (χ0n) is 11.7. The molecule has 2 aromatic rings. The van der Waals surface area contributed by atoms with Gasteiger partial charge in [-0.05, 0) is 30.3 Å². The van der Waals surface area contributed by atoms with Crippen LogP contribution in [-0.4, -0.2) is 12.6 Å². The molecule has 0 bridgehead atoms. The van der Waals surface area contributed by atoms with Gasteiger partial charge in [-0.3, -0.25) is 0 Å². The minimum absolute atomic E-state index is 0.0647. The number of hydrogen-bond acceptors (Lipinski definition) is 3. The van der Waals surface area contributed by atoms with E-state index in [1.807, 2.05) is 0 Å². The second-order valence-corrected chi connectivity index (χ2v) is 5.30. The average molecular weight is 383 g/mol. The lowest BCUT2D eigenvalue weighted by molar-refractivity contribution is -0.0510. The molecule has 3 nitrogen and oxygen atoms in total. The summed E-state index contributed by atoms with van der Waals surface area (Å²) >= 11 is 11.4. The molecule has 0 amide bonds. The standard InChI is InChI=1S/C15H8Cl2F4O3/c16-8-1-2-13(24-15(20)21)7(3-8)6-23-14(22)9-4-11(18)12(19)5-10(9)17/h1-5,15H,6H2. The molecule has 0 N–H and O–H groups in total. The SMILES string of the molecule is O=C(OCc1cc(Cl)ccc1OC(F)F)c1cc(F)c(F)cc1Cl. The lowest BCUT2D eigenvalue weighted by Gasteiger charge is -2.12. The van der Waals surface area contributed by atoms with E-state index in [-0.39, 0.29) is 21.4 Å². The largest absolute Gasteiger partial charge is 0.457 e. The Bertz CT molecular complexity index is 769. The molecule has 0 unspecified atom stereocenters. The quantitative estimate of drug-likeness (QED) is 0.403. The first-order chi connectivity index (χ1) is 11.3. The lowest BCUT2D eigenvalue weighted by atomic mass is 10.2. The topological polar surface area (TPSA) is 35.5 Å². The molecule has 24 heavy (non-hydrogen) atoms. The van der Waals surface area contributed by atoms with E-state index in [1.54, 1.807) is 0 Å². The maximum absolute atomic E-state index is 13.2. The van der Waals surface area contributed by atoms with Gasteiger partial charge in [0.25, 0.3) is 0 Å². The zero-order valence-corrected chi connectivity index (χ0v) is 13.2. The maximum atomic E-state index is 13.2. The van der Waals surface area contributed by atoms with Crippen molar-refractivity contribution >= 4 is 29.2 Å². The fraction of sp³-hybridized carbons (Fsp3) is 0.133. The molecule has 0 spiro atoms. The first-order valence-electron chi connectivity index (χ1n) is 6.33. The highest BCUT2D eigenvalue weighted by atomic mass is 35.5. The van der Waals surface area contributed by atoms with Gasteiger partial charge in [-0.25, -0.2) is 13.6 Å². The van der Waals surface area contributed by atoms with Crippen molar-refractivity contribution in [3.8, 4) is 5.75 Å². The van der Waals surface area contributed by atoms with Gasteiger partial charge in [0, 0.05) is 10.6 Å². The van der Waals surface area contributed by atoms with Crippen LogP contribution in [0.5, 0.6) is 5.75 Å².